The molecule has 138 valence electrons. The molecule has 0 saturated carbocycles. The van der Waals surface area contributed by atoms with Gasteiger partial charge in [-0.1, -0.05) is 22.9 Å². The van der Waals surface area contributed by atoms with Crippen molar-refractivity contribution in [2.45, 2.75) is 6.92 Å². The van der Waals surface area contributed by atoms with Crippen LogP contribution in [0.4, 0.5) is 10.8 Å². The lowest BCUT2D eigenvalue weighted by Gasteiger charge is -2.03. The highest BCUT2D eigenvalue weighted by Crippen LogP contribution is 2.29. The van der Waals surface area contributed by atoms with Gasteiger partial charge in [-0.2, -0.15) is 0 Å². The van der Waals surface area contributed by atoms with Gasteiger partial charge >= 0.3 is 5.97 Å². The van der Waals surface area contributed by atoms with Gasteiger partial charge in [0.15, 0.2) is 5.13 Å². The quantitative estimate of drug-likeness (QED) is 0.385. The van der Waals surface area contributed by atoms with Crippen LogP contribution in [0.15, 0.2) is 36.4 Å². The Morgan fingerprint density at radius 3 is 2.78 bits per heavy atom. The van der Waals surface area contributed by atoms with Crippen molar-refractivity contribution in [3.63, 3.8) is 0 Å². The molecule has 0 bridgehead atoms. The van der Waals surface area contributed by atoms with Crippen molar-refractivity contribution in [2.24, 2.45) is 0 Å². The Morgan fingerprint density at radius 2 is 2.07 bits per heavy atom. The van der Waals surface area contributed by atoms with Crippen LogP contribution in [0, 0.1) is 10.1 Å². The number of carbonyl (C=O) groups is 2. The third-order valence-electron chi connectivity index (χ3n) is 3.52. The Balaban J connectivity index is 1.88. The number of rotatable bonds is 5. The Morgan fingerprint density at radius 1 is 1.30 bits per heavy atom. The lowest BCUT2D eigenvalue weighted by Crippen LogP contribution is -2.13. The van der Waals surface area contributed by atoms with Crippen LogP contribution in [0.3, 0.4) is 0 Å². The predicted molar refractivity (Wildman–Crippen MR) is 102 cm³/mol. The first-order valence-electron chi connectivity index (χ1n) is 7.72. The number of aromatic nitrogens is 1. The lowest BCUT2D eigenvalue weighted by atomic mass is 10.1. The highest BCUT2D eigenvalue weighted by molar-refractivity contribution is 7.22. The fourth-order valence-electron chi connectivity index (χ4n) is 2.33. The van der Waals surface area contributed by atoms with Crippen molar-refractivity contribution in [1.29, 1.82) is 0 Å². The molecule has 0 aliphatic rings. The zero-order valence-corrected chi connectivity index (χ0v) is 15.5. The number of nitro benzene ring substituents is 1. The summed E-state index contributed by atoms with van der Waals surface area (Å²) in [6.45, 7) is 1.98. The lowest BCUT2D eigenvalue weighted by molar-refractivity contribution is -0.385. The molecule has 1 N–H and O–H groups in total. The Hall–Kier alpha value is -3.04. The average Bonchev–Trinajstić information content (AvgIpc) is 3.02. The number of halogens is 1. The van der Waals surface area contributed by atoms with E-state index in [1.54, 1.807) is 25.1 Å². The van der Waals surface area contributed by atoms with Gasteiger partial charge in [-0.05, 0) is 37.3 Å². The number of fused-ring (bicyclic) bond motifs is 1. The van der Waals surface area contributed by atoms with Gasteiger partial charge in [0.1, 0.15) is 5.56 Å². The van der Waals surface area contributed by atoms with E-state index in [2.05, 4.69) is 10.3 Å². The first-order chi connectivity index (χ1) is 12.9. The molecule has 0 aliphatic carbocycles. The second-order valence-electron chi connectivity index (χ2n) is 5.29. The number of benzene rings is 2. The molecule has 3 rings (SSSR count). The molecular weight excluding hydrogens is 394 g/mol. The molecular formula is C17H12ClN3O5S. The number of hydrogen-bond acceptors (Lipinski definition) is 7. The van der Waals surface area contributed by atoms with Gasteiger partial charge < -0.3 is 4.74 Å². The number of carbonyl (C=O) groups excluding carboxylic acids is 2. The van der Waals surface area contributed by atoms with E-state index >= 15 is 0 Å². The predicted octanol–water partition coefficient (Wildman–Crippen LogP) is 4.29. The van der Waals surface area contributed by atoms with Gasteiger partial charge in [-0.25, -0.2) is 9.78 Å². The van der Waals surface area contributed by atoms with Crippen molar-refractivity contribution in [1.82, 2.24) is 4.98 Å². The largest absolute Gasteiger partial charge is 0.462 e. The minimum atomic E-state index is -0.678. The van der Waals surface area contributed by atoms with Crippen LogP contribution in [0.5, 0.6) is 0 Å². The number of ether oxygens (including phenoxy) is 1. The van der Waals surface area contributed by atoms with Crippen LogP contribution in [-0.4, -0.2) is 28.4 Å². The number of anilines is 1. The molecule has 0 unspecified atom stereocenters. The van der Waals surface area contributed by atoms with E-state index in [9.17, 15) is 19.7 Å². The highest BCUT2D eigenvalue weighted by atomic mass is 35.5. The van der Waals surface area contributed by atoms with E-state index in [0.717, 1.165) is 17.4 Å². The number of amides is 1. The number of esters is 1. The zero-order chi connectivity index (χ0) is 19.6. The maximum atomic E-state index is 12.4. The van der Waals surface area contributed by atoms with E-state index in [1.807, 2.05) is 0 Å². The van der Waals surface area contributed by atoms with Crippen LogP contribution < -0.4 is 5.32 Å². The smallest absolute Gasteiger partial charge is 0.338 e. The maximum absolute atomic E-state index is 12.4. The summed E-state index contributed by atoms with van der Waals surface area (Å²) in [6.07, 6.45) is 0. The monoisotopic (exact) mass is 405 g/mol. The second-order valence-corrected chi connectivity index (χ2v) is 6.76. The molecule has 27 heavy (non-hydrogen) atoms. The molecule has 1 aromatic heterocycles. The second kappa shape index (κ2) is 7.68. The van der Waals surface area contributed by atoms with E-state index in [1.165, 1.54) is 12.1 Å². The Bertz CT molecular complexity index is 1070. The van der Waals surface area contributed by atoms with E-state index in [-0.39, 0.29) is 22.3 Å². The molecule has 1 amide bonds. The van der Waals surface area contributed by atoms with Crippen LogP contribution in [0.25, 0.3) is 10.2 Å². The molecule has 3 aromatic rings. The van der Waals surface area contributed by atoms with Crippen molar-refractivity contribution in [3.05, 3.63) is 62.7 Å². The number of nitrogens with one attached hydrogen (secondary N) is 1. The van der Waals surface area contributed by atoms with Crippen molar-refractivity contribution in [3.8, 4) is 0 Å². The molecule has 1 heterocycles. The van der Waals surface area contributed by atoms with Gasteiger partial charge in [-0.3, -0.25) is 20.2 Å². The Kier molecular flexibility index (Phi) is 5.33. The molecule has 0 fully saturated rings. The Labute approximate surface area is 161 Å². The molecule has 0 spiro atoms. The molecule has 2 aromatic carbocycles. The van der Waals surface area contributed by atoms with Crippen LogP contribution in [-0.2, 0) is 4.74 Å². The molecule has 10 heteroatoms. The molecule has 8 nitrogen and oxygen atoms in total. The van der Waals surface area contributed by atoms with Gasteiger partial charge in [0.25, 0.3) is 11.6 Å². The molecule has 0 radical (unpaired) electrons. The third kappa shape index (κ3) is 4.04. The van der Waals surface area contributed by atoms with Crippen molar-refractivity contribution < 1.29 is 19.2 Å². The topological polar surface area (TPSA) is 111 Å². The SMILES string of the molecule is CCOC(=O)c1ccc2nc(NC(=O)c3ccc(Cl)cc3[N+](=O)[O-])sc2c1. The number of nitrogens with zero attached hydrogens (tertiary/aromatic N) is 2. The maximum Gasteiger partial charge on any atom is 0.338 e. The fourth-order valence-corrected chi connectivity index (χ4v) is 3.40. The zero-order valence-electron chi connectivity index (χ0n) is 13.9. The van der Waals surface area contributed by atoms with Crippen molar-refractivity contribution >= 4 is 55.8 Å². The summed E-state index contributed by atoms with van der Waals surface area (Å²) in [6, 6.07) is 8.62. The summed E-state index contributed by atoms with van der Waals surface area (Å²) >= 11 is 6.90. The summed E-state index contributed by atoms with van der Waals surface area (Å²) < 4.78 is 5.62. The summed E-state index contributed by atoms with van der Waals surface area (Å²) in [5.74, 6) is -1.13. The molecule has 0 atom stereocenters. The third-order valence-corrected chi connectivity index (χ3v) is 4.69. The summed E-state index contributed by atoms with van der Waals surface area (Å²) in [5.41, 5.74) is 0.426. The van der Waals surface area contributed by atoms with Crippen LogP contribution >= 0.6 is 22.9 Å². The van der Waals surface area contributed by atoms with E-state index < -0.39 is 22.5 Å². The van der Waals surface area contributed by atoms with Crippen LogP contribution in [0.1, 0.15) is 27.6 Å². The van der Waals surface area contributed by atoms with Gasteiger partial charge in [0.05, 0.1) is 27.3 Å². The number of thiazole rings is 1. The highest BCUT2D eigenvalue weighted by Gasteiger charge is 2.21. The normalized spacial score (nSPS) is 10.6. The first-order valence-corrected chi connectivity index (χ1v) is 8.91. The van der Waals surface area contributed by atoms with Crippen molar-refractivity contribution in [2.75, 3.05) is 11.9 Å². The number of nitro groups is 1. The first kappa shape index (κ1) is 18.7. The summed E-state index contributed by atoms with van der Waals surface area (Å²) in [4.78, 5) is 38.9. The van der Waals surface area contributed by atoms with Crippen LogP contribution in [0.2, 0.25) is 5.02 Å². The van der Waals surface area contributed by atoms with Gasteiger partial charge in [-0.15, -0.1) is 0 Å². The van der Waals surface area contributed by atoms with Gasteiger partial charge in [0.2, 0.25) is 0 Å². The summed E-state index contributed by atoms with van der Waals surface area (Å²) in [5, 5.41) is 14.1. The molecule has 0 aliphatic heterocycles. The minimum Gasteiger partial charge on any atom is -0.462 e. The average molecular weight is 406 g/mol. The van der Waals surface area contributed by atoms with Gasteiger partial charge in [0, 0.05) is 11.1 Å². The number of hydrogen-bond donors (Lipinski definition) is 1. The van der Waals surface area contributed by atoms with E-state index in [0.29, 0.717) is 15.8 Å². The minimum absolute atomic E-state index is 0.129. The van der Waals surface area contributed by atoms with E-state index in [4.69, 9.17) is 16.3 Å². The molecule has 0 saturated heterocycles. The fraction of sp³-hybridized carbons (Fsp3) is 0.118. The standard InChI is InChI=1S/C17H12ClN3O5S/c1-2-26-16(23)9-3-6-12-14(7-9)27-17(19-12)20-15(22)11-5-4-10(18)8-13(11)21(24)25/h3-8H,2H2,1H3,(H,19,20,22). The summed E-state index contributed by atoms with van der Waals surface area (Å²) in [7, 11) is 0.